The summed E-state index contributed by atoms with van der Waals surface area (Å²) in [4.78, 5) is 23.4. The Balaban J connectivity index is 3.89. The molecular formula is C18H38N2O4+2. The first kappa shape index (κ1) is 22.9. The number of likely N-dealkylation sites (N-methyl/N-ethyl adjacent to an activating group) is 2. The van der Waals surface area contributed by atoms with E-state index in [1.165, 1.54) is 0 Å². The highest BCUT2D eigenvalue weighted by Crippen LogP contribution is 2.03. The predicted molar refractivity (Wildman–Crippen MR) is 95.4 cm³/mol. The lowest BCUT2D eigenvalue weighted by Gasteiger charge is -2.31. The Hall–Kier alpha value is -1.14. The minimum absolute atomic E-state index is 0.0917. The fourth-order valence-electron chi connectivity index (χ4n) is 2.19. The van der Waals surface area contributed by atoms with Crippen molar-refractivity contribution in [3.05, 3.63) is 0 Å². The average Bonchev–Trinajstić information content (AvgIpc) is 2.59. The van der Waals surface area contributed by atoms with Gasteiger partial charge in [0.15, 0.2) is 0 Å². The van der Waals surface area contributed by atoms with Gasteiger partial charge in [0.2, 0.25) is 0 Å². The molecule has 0 saturated heterocycles. The first-order valence-corrected chi connectivity index (χ1v) is 9.22. The molecule has 0 aromatic rings. The van der Waals surface area contributed by atoms with Crippen molar-refractivity contribution in [3.8, 4) is 0 Å². The molecule has 0 aliphatic rings. The van der Waals surface area contributed by atoms with E-state index in [-0.39, 0.29) is 24.8 Å². The highest BCUT2D eigenvalue weighted by molar-refractivity contribution is 5.77. The Morgan fingerprint density at radius 1 is 0.667 bits per heavy atom. The van der Waals surface area contributed by atoms with Gasteiger partial charge in [-0.05, 0) is 27.7 Å². The van der Waals surface area contributed by atoms with Crippen molar-refractivity contribution in [2.24, 2.45) is 0 Å². The van der Waals surface area contributed by atoms with Gasteiger partial charge in [0.1, 0.15) is 26.3 Å². The summed E-state index contributed by atoms with van der Waals surface area (Å²) in [5.74, 6) is -0.651. The molecule has 0 radical (unpaired) electrons. The molecule has 0 saturated carbocycles. The van der Waals surface area contributed by atoms with Crippen molar-refractivity contribution in [2.45, 2.75) is 40.5 Å². The van der Waals surface area contributed by atoms with Gasteiger partial charge in [-0.25, -0.2) is 0 Å². The quantitative estimate of drug-likeness (QED) is 0.377. The lowest BCUT2D eigenvalue weighted by molar-refractivity contribution is -0.906. The number of nitrogens with zero attached hydrogens (tertiary/aromatic N) is 2. The summed E-state index contributed by atoms with van der Waals surface area (Å²) in [5.41, 5.74) is 0. The van der Waals surface area contributed by atoms with Gasteiger partial charge < -0.3 is 18.4 Å². The second-order valence-electron chi connectivity index (χ2n) is 6.89. The van der Waals surface area contributed by atoms with Crippen LogP contribution in [0.15, 0.2) is 0 Å². The van der Waals surface area contributed by atoms with Crippen LogP contribution in [-0.4, -0.2) is 87.5 Å². The molecule has 0 aromatic heterocycles. The number of ether oxygens (including phenoxy) is 2. The molecule has 0 aromatic carbocycles. The van der Waals surface area contributed by atoms with E-state index in [4.69, 9.17) is 9.47 Å². The van der Waals surface area contributed by atoms with Crippen LogP contribution in [0.2, 0.25) is 0 Å². The molecule has 0 aliphatic heterocycles. The van der Waals surface area contributed by atoms with Crippen LogP contribution >= 0.6 is 0 Å². The van der Waals surface area contributed by atoms with Gasteiger partial charge >= 0.3 is 11.9 Å². The smallest absolute Gasteiger partial charge is 0.306 e. The van der Waals surface area contributed by atoms with Crippen molar-refractivity contribution in [1.29, 1.82) is 0 Å². The van der Waals surface area contributed by atoms with E-state index in [1.54, 1.807) is 0 Å². The number of quaternary nitrogens is 2. The molecular weight excluding hydrogens is 308 g/mol. The average molecular weight is 347 g/mol. The van der Waals surface area contributed by atoms with Gasteiger partial charge in [-0.1, -0.05) is 0 Å². The standard InChI is InChI=1S/C18H38N2O4/c1-7-19(5,8-2)13-15-23-17(21)11-12-18(22)24-16-14-20(6,9-3)10-4/h7-16H2,1-6H3/q+2. The zero-order valence-corrected chi connectivity index (χ0v) is 16.6. The zero-order chi connectivity index (χ0) is 18.6. The van der Waals surface area contributed by atoms with Crippen molar-refractivity contribution in [3.63, 3.8) is 0 Å². The molecule has 0 atom stereocenters. The summed E-state index contributed by atoms with van der Waals surface area (Å²) in [5, 5.41) is 0. The van der Waals surface area contributed by atoms with E-state index < -0.39 is 0 Å². The largest absolute Gasteiger partial charge is 0.460 e. The van der Waals surface area contributed by atoms with Gasteiger partial charge in [-0.15, -0.1) is 0 Å². The molecule has 142 valence electrons. The second kappa shape index (κ2) is 11.4. The van der Waals surface area contributed by atoms with E-state index >= 15 is 0 Å². The summed E-state index contributed by atoms with van der Waals surface area (Å²) >= 11 is 0. The molecule has 0 heterocycles. The lowest BCUT2D eigenvalue weighted by atomic mass is 10.3. The number of hydrogen-bond donors (Lipinski definition) is 0. The molecule has 0 rings (SSSR count). The molecule has 6 nitrogen and oxygen atoms in total. The molecule has 0 N–H and O–H groups in total. The zero-order valence-electron chi connectivity index (χ0n) is 16.6. The molecule has 0 amide bonds. The third kappa shape index (κ3) is 9.23. The first-order chi connectivity index (χ1) is 11.2. The molecule has 0 spiro atoms. The topological polar surface area (TPSA) is 52.6 Å². The summed E-state index contributed by atoms with van der Waals surface area (Å²) in [6.07, 6.45) is 0.183. The van der Waals surface area contributed by atoms with Crippen LogP contribution in [0.1, 0.15) is 40.5 Å². The maximum absolute atomic E-state index is 11.7. The van der Waals surface area contributed by atoms with E-state index in [9.17, 15) is 9.59 Å². The van der Waals surface area contributed by atoms with Crippen LogP contribution in [-0.2, 0) is 19.1 Å². The van der Waals surface area contributed by atoms with E-state index in [2.05, 4.69) is 41.8 Å². The number of esters is 2. The Morgan fingerprint density at radius 3 is 1.21 bits per heavy atom. The van der Waals surface area contributed by atoms with Crippen LogP contribution in [0.25, 0.3) is 0 Å². The first-order valence-electron chi connectivity index (χ1n) is 9.22. The molecule has 0 aliphatic carbocycles. The van der Waals surface area contributed by atoms with Crippen LogP contribution in [0, 0.1) is 0 Å². The molecule has 0 bridgehead atoms. The van der Waals surface area contributed by atoms with Crippen molar-refractivity contribution >= 4 is 11.9 Å². The van der Waals surface area contributed by atoms with Crippen molar-refractivity contribution in [1.82, 2.24) is 0 Å². The summed E-state index contributed by atoms with van der Waals surface area (Å²) in [6, 6.07) is 0. The third-order valence-electron chi connectivity index (χ3n) is 5.38. The molecule has 0 fully saturated rings. The van der Waals surface area contributed by atoms with Gasteiger partial charge in [-0.2, -0.15) is 0 Å². The van der Waals surface area contributed by atoms with E-state index in [0.29, 0.717) is 13.2 Å². The van der Waals surface area contributed by atoms with Crippen LogP contribution < -0.4 is 0 Å². The Kier molecular flexibility index (Phi) is 10.9. The summed E-state index contributed by atoms with van der Waals surface area (Å²) in [7, 11) is 4.29. The minimum Gasteiger partial charge on any atom is -0.460 e. The van der Waals surface area contributed by atoms with Gasteiger partial charge in [-0.3, -0.25) is 9.59 Å². The van der Waals surface area contributed by atoms with Crippen LogP contribution in [0.3, 0.4) is 0 Å². The number of carbonyl (C=O) groups is 2. The van der Waals surface area contributed by atoms with E-state index in [0.717, 1.165) is 48.2 Å². The highest BCUT2D eigenvalue weighted by Gasteiger charge is 2.19. The Labute approximate surface area is 147 Å². The fraction of sp³-hybridized carbons (Fsp3) is 0.889. The Morgan fingerprint density at radius 2 is 0.958 bits per heavy atom. The van der Waals surface area contributed by atoms with Gasteiger partial charge in [0.05, 0.1) is 53.1 Å². The third-order valence-corrected chi connectivity index (χ3v) is 5.38. The van der Waals surface area contributed by atoms with Gasteiger partial charge in [0.25, 0.3) is 0 Å². The summed E-state index contributed by atoms with van der Waals surface area (Å²) < 4.78 is 12.2. The lowest BCUT2D eigenvalue weighted by Crippen LogP contribution is -2.46. The monoisotopic (exact) mass is 346 g/mol. The molecule has 6 heteroatoms. The van der Waals surface area contributed by atoms with Crippen molar-refractivity contribution < 1.29 is 28.0 Å². The number of carbonyl (C=O) groups excluding carboxylic acids is 2. The number of rotatable bonds is 13. The second-order valence-corrected chi connectivity index (χ2v) is 6.89. The maximum atomic E-state index is 11.7. The molecule has 24 heavy (non-hydrogen) atoms. The normalized spacial score (nSPS) is 12.1. The van der Waals surface area contributed by atoms with Gasteiger partial charge in [0, 0.05) is 0 Å². The maximum Gasteiger partial charge on any atom is 0.306 e. The van der Waals surface area contributed by atoms with E-state index in [1.807, 2.05) is 0 Å². The minimum atomic E-state index is -0.326. The van der Waals surface area contributed by atoms with Crippen LogP contribution in [0.5, 0.6) is 0 Å². The van der Waals surface area contributed by atoms with Crippen LogP contribution in [0.4, 0.5) is 0 Å². The Bertz CT molecular complexity index is 341. The fourth-order valence-corrected chi connectivity index (χ4v) is 2.19. The number of hydrogen-bond acceptors (Lipinski definition) is 4. The predicted octanol–water partition coefficient (Wildman–Crippen LogP) is 1.83. The van der Waals surface area contributed by atoms with Crippen molar-refractivity contribution in [2.75, 3.05) is 66.6 Å². The highest BCUT2D eigenvalue weighted by atomic mass is 16.5. The SMILES string of the molecule is CC[N+](C)(CC)CCOC(=O)CCC(=O)OCC[N+](C)(CC)CC. The summed E-state index contributed by atoms with van der Waals surface area (Å²) in [6.45, 7) is 14.9. The molecule has 0 unspecified atom stereocenters.